The maximum absolute atomic E-state index is 12.0. The average Bonchev–Trinajstić information content (AvgIpc) is 3.08. The third-order valence-corrected chi connectivity index (χ3v) is 4.11. The van der Waals surface area contributed by atoms with E-state index in [-0.39, 0.29) is 18.6 Å². The summed E-state index contributed by atoms with van der Waals surface area (Å²) in [6, 6.07) is 0.399. The molecule has 1 aromatic heterocycles. The lowest BCUT2D eigenvalue weighted by atomic mass is 10.1. The molecule has 21 heavy (non-hydrogen) atoms. The van der Waals surface area contributed by atoms with E-state index in [9.17, 15) is 9.59 Å². The smallest absolute Gasteiger partial charge is 0.325 e. The molecule has 0 aromatic carbocycles. The van der Waals surface area contributed by atoms with Crippen LogP contribution in [0.1, 0.15) is 19.3 Å². The molecule has 2 atom stereocenters. The van der Waals surface area contributed by atoms with Crippen LogP contribution in [0, 0.1) is 0 Å². The number of carbonyl (C=O) groups is 2. The monoisotopic (exact) mass is 293 g/mol. The number of hydrogen-bond donors (Lipinski definition) is 3. The number of carboxylic acid groups (broad SMARTS) is 1. The summed E-state index contributed by atoms with van der Waals surface area (Å²) < 4.78 is 1.27. The van der Waals surface area contributed by atoms with Crippen molar-refractivity contribution in [2.75, 3.05) is 18.4 Å². The first-order chi connectivity index (χ1) is 10.1. The molecule has 3 N–H and O–H groups in total. The van der Waals surface area contributed by atoms with Gasteiger partial charge in [-0.2, -0.15) is 5.10 Å². The van der Waals surface area contributed by atoms with Crippen LogP contribution in [-0.4, -0.2) is 57.0 Å². The Morgan fingerprint density at radius 3 is 3.05 bits per heavy atom. The number of carbonyl (C=O) groups excluding carboxylic acids is 1. The molecule has 2 saturated heterocycles. The minimum atomic E-state index is -0.971. The zero-order valence-corrected chi connectivity index (χ0v) is 11.7. The van der Waals surface area contributed by atoms with Gasteiger partial charge in [-0.3, -0.25) is 14.4 Å². The minimum Gasteiger partial charge on any atom is -0.480 e. The molecule has 114 valence electrons. The molecule has 0 spiro atoms. The summed E-state index contributed by atoms with van der Waals surface area (Å²) in [6.07, 6.45) is 6.27. The second-order valence-corrected chi connectivity index (χ2v) is 5.56. The van der Waals surface area contributed by atoms with Crippen molar-refractivity contribution >= 4 is 17.7 Å². The van der Waals surface area contributed by atoms with E-state index in [1.807, 2.05) is 0 Å². The first-order valence-electron chi connectivity index (χ1n) is 7.17. The van der Waals surface area contributed by atoms with E-state index in [0.717, 1.165) is 25.9 Å². The van der Waals surface area contributed by atoms with Crippen molar-refractivity contribution in [3.05, 3.63) is 12.4 Å². The molecule has 8 nitrogen and oxygen atoms in total. The van der Waals surface area contributed by atoms with E-state index in [1.165, 1.54) is 23.5 Å². The van der Waals surface area contributed by atoms with Gasteiger partial charge in [-0.05, 0) is 25.8 Å². The first kappa shape index (κ1) is 13.9. The molecule has 1 aromatic rings. The van der Waals surface area contributed by atoms with Crippen molar-refractivity contribution in [3.63, 3.8) is 0 Å². The lowest BCUT2D eigenvalue weighted by molar-refractivity contribution is -0.137. The highest BCUT2D eigenvalue weighted by atomic mass is 16.4. The predicted molar refractivity (Wildman–Crippen MR) is 75.0 cm³/mol. The van der Waals surface area contributed by atoms with Crippen molar-refractivity contribution in [2.45, 2.75) is 37.9 Å². The van der Waals surface area contributed by atoms with Crippen LogP contribution >= 0.6 is 0 Å². The average molecular weight is 293 g/mol. The quantitative estimate of drug-likeness (QED) is 0.742. The Hall–Kier alpha value is -2.09. The number of urea groups is 1. The highest BCUT2D eigenvalue weighted by Crippen LogP contribution is 2.27. The van der Waals surface area contributed by atoms with Crippen molar-refractivity contribution in [1.82, 2.24) is 20.0 Å². The SMILES string of the molecule is O=C(O)Cn1cc(NC(=O)NC2CCN3CCCC23)cn1. The molecular formula is C13H19N5O3. The summed E-state index contributed by atoms with van der Waals surface area (Å²) >= 11 is 0. The highest BCUT2D eigenvalue weighted by Gasteiger charge is 2.37. The molecule has 0 saturated carbocycles. The van der Waals surface area contributed by atoms with Crippen LogP contribution in [0.4, 0.5) is 10.5 Å². The fraction of sp³-hybridized carbons (Fsp3) is 0.615. The topological polar surface area (TPSA) is 99.5 Å². The molecule has 0 radical (unpaired) electrons. The summed E-state index contributed by atoms with van der Waals surface area (Å²) in [5.41, 5.74) is 0.495. The van der Waals surface area contributed by atoms with Crippen molar-refractivity contribution in [3.8, 4) is 0 Å². The number of carboxylic acids is 1. The Morgan fingerprint density at radius 1 is 1.38 bits per heavy atom. The number of nitrogens with zero attached hydrogens (tertiary/aromatic N) is 3. The van der Waals surface area contributed by atoms with E-state index >= 15 is 0 Å². The lowest BCUT2D eigenvalue weighted by Crippen LogP contribution is -2.44. The van der Waals surface area contributed by atoms with Gasteiger partial charge in [0.15, 0.2) is 0 Å². The number of amides is 2. The summed E-state index contributed by atoms with van der Waals surface area (Å²) in [4.78, 5) is 25.0. The number of aromatic nitrogens is 2. The highest BCUT2D eigenvalue weighted by molar-refractivity contribution is 5.89. The third kappa shape index (κ3) is 3.15. The van der Waals surface area contributed by atoms with Crippen LogP contribution in [-0.2, 0) is 11.3 Å². The van der Waals surface area contributed by atoms with Gasteiger partial charge >= 0.3 is 12.0 Å². The molecule has 2 aliphatic rings. The number of hydrogen-bond acceptors (Lipinski definition) is 4. The second kappa shape index (κ2) is 5.72. The molecule has 0 aliphatic carbocycles. The van der Waals surface area contributed by atoms with E-state index < -0.39 is 5.97 Å². The van der Waals surface area contributed by atoms with Crippen molar-refractivity contribution in [2.24, 2.45) is 0 Å². The van der Waals surface area contributed by atoms with Crippen LogP contribution in [0.25, 0.3) is 0 Å². The number of rotatable bonds is 4. The number of aliphatic carboxylic acids is 1. The fourth-order valence-electron chi connectivity index (χ4n) is 3.24. The van der Waals surface area contributed by atoms with Crippen molar-refractivity contribution in [1.29, 1.82) is 0 Å². The van der Waals surface area contributed by atoms with Gasteiger partial charge in [-0.1, -0.05) is 0 Å². The molecule has 2 amide bonds. The molecule has 0 bridgehead atoms. The van der Waals surface area contributed by atoms with Gasteiger partial charge in [0.05, 0.1) is 11.9 Å². The largest absolute Gasteiger partial charge is 0.480 e. The zero-order chi connectivity index (χ0) is 14.8. The zero-order valence-electron chi connectivity index (χ0n) is 11.7. The van der Waals surface area contributed by atoms with Gasteiger partial charge in [-0.25, -0.2) is 4.79 Å². The normalized spacial score (nSPS) is 24.8. The van der Waals surface area contributed by atoms with E-state index in [0.29, 0.717) is 11.7 Å². The predicted octanol–water partition coefficient (Wildman–Crippen LogP) is 0.326. The minimum absolute atomic E-state index is 0.196. The molecule has 3 heterocycles. The van der Waals surface area contributed by atoms with Crippen LogP contribution < -0.4 is 10.6 Å². The number of nitrogens with one attached hydrogen (secondary N) is 2. The van der Waals surface area contributed by atoms with Gasteiger partial charge in [0.2, 0.25) is 0 Å². The summed E-state index contributed by atoms with van der Waals surface area (Å²) in [5, 5.41) is 18.3. The number of fused-ring (bicyclic) bond motifs is 1. The summed E-state index contributed by atoms with van der Waals surface area (Å²) in [7, 11) is 0. The molecular weight excluding hydrogens is 274 g/mol. The summed E-state index contributed by atoms with van der Waals surface area (Å²) in [5.74, 6) is -0.971. The third-order valence-electron chi connectivity index (χ3n) is 4.11. The summed E-state index contributed by atoms with van der Waals surface area (Å²) in [6.45, 7) is 1.96. The van der Waals surface area contributed by atoms with Crippen LogP contribution in [0.15, 0.2) is 12.4 Å². The Labute approximate surface area is 122 Å². The second-order valence-electron chi connectivity index (χ2n) is 5.56. The van der Waals surface area contributed by atoms with Crippen LogP contribution in [0.2, 0.25) is 0 Å². The molecule has 2 fully saturated rings. The van der Waals surface area contributed by atoms with Gasteiger partial charge in [-0.15, -0.1) is 0 Å². The van der Waals surface area contributed by atoms with Gasteiger partial charge in [0, 0.05) is 24.8 Å². The fourth-order valence-corrected chi connectivity index (χ4v) is 3.24. The Balaban J connectivity index is 1.52. The maximum Gasteiger partial charge on any atom is 0.325 e. The lowest BCUT2D eigenvalue weighted by Gasteiger charge is -2.21. The maximum atomic E-state index is 12.0. The standard InChI is InChI=1S/C13H19N5O3/c19-12(20)8-18-7-9(6-14-18)15-13(21)16-10-3-5-17-4-1-2-11(10)17/h6-7,10-11H,1-5,8H2,(H,19,20)(H2,15,16,21). The first-order valence-corrected chi connectivity index (χ1v) is 7.17. The van der Waals surface area contributed by atoms with Crippen molar-refractivity contribution < 1.29 is 14.7 Å². The van der Waals surface area contributed by atoms with Crippen LogP contribution in [0.3, 0.4) is 0 Å². The van der Waals surface area contributed by atoms with Crippen LogP contribution in [0.5, 0.6) is 0 Å². The molecule has 2 aliphatic heterocycles. The Bertz CT molecular complexity index is 544. The molecule has 2 unspecified atom stereocenters. The molecule has 3 rings (SSSR count). The Kier molecular flexibility index (Phi) is 3.78. The van der Waals surface area contributed by atoms with E-state index in [1.54, 1.807) is 0 Å². The van der Waals surface area contributed by atoms with E-state index in [4.69, 9.17) is 5.11 Å². The Morgan fingerprint density at radius 2 is 2.24 bits per heavy atom. The number of anilines is 1. The molecule has 8 heteroatoms. The van der Waals surface area contributed by atoms with Gasteiger partial charge < -0.3 is 15.7 Å². The van der Waals surface area contributed by atoms with Gasteiger partial charge in [0.1, 0.15) is 6.54 Å². The van der Waals surface area contributed by atoms with E-state index in [2.05, 4.69) is 20.6 Å². The van der Waals surface area contributed by atoms with Gasteiger partial charge in [0.25, 0.3) is 0 Å².